The fraction of sp³-hybridized carbons (Fsp3) is 0.545. The predicted octanol–water partition coefficient (Wildman–Crippen LogP) is 5.54. The molecule has 0 spiro atoms. The van der Waals surface area contributed by atoms with Crippen LogP contribution in [0.4, 0.5) is 5.69 Å². The van der Waals surface area contributed by atoms with Gasteiger partial charge in [-0.2, -0.15) is 4.99 Å². The van der Waals surface area contributed by atoms with Gasteiger partial charge >= 0.3 is 0 Å². The standard InChI is InChI=1S/C33H44N4O3/c1-23(2)34-32(38)26-11-14-28(15-12-26)37-30-22-29(40-20-19-36-17-5-4-6-18-36)16-13-27(30)21-31(37)35-33(39)25-9-7-24(3)8-10-25/h7-10,13,16,22-23,26,28H,4-6,11-12,14-15,17-21H2,1-3H3,(H,34,38). The highest BCUT2D eigenvalue weighted by molar-refractivity contribution is 6.12. The second kappa shape index (κ2) is 13.0. The van der Waals surface area contributed by atoms with E-state index in [-0.39, 0.29) is 29.8 Å². The second-order valence-electron chi connectivity index (χ2n) is 12.0. The van der Waals surface area contributed by atoms with Gasteiger partial charge in [0.05, 0.1) is 0 Å². The van der Waals surface area contributed by atoms with Crippen molar-refractivity contribution >= 4 is 23.3 Å². The Labute approximate surface area is 239 Å². The van der Waals surface area contributed by atoms with Gasteiger partial charge in [-0.15, -0.1) is 0 Å². The third kappa shape index (κ3) is 6.92. The number of benzene rings is 2. The number of rotatable bonds is 8. The average molecular weight is 545 g/mol. The largest absolute Gasteiger partial charge is 0.492 e. The average Bonchev–Trinajstić information content (AvgIpc) is 3.30. The molecule has 1 aliphatic carbocycles. The lowest BCUT2D eigenvalue weighted by Gasteiger charge is -2.36. The van der Waals surface area contributed by atoms with Crippen LogP contribution in [0.2, 0.25) is 0 Å². The molecule has 0 radical (unpaired) electrons. The normalized spacial score (nSPS) is 22.4. The molecule has 2 fully saturated rings. The lowest BCUT2D eigenvalue weighted by atomic mass is 9.84. The van der Waals surface area contributed by atoms with Crippen molar-refractivity contribution in [3.8, 4) is 5.75 Å². The summed E-state index contributed by atoms with van der Waals surface area (Å²) in [7, 11) is 0. The van der Waals surface area contributed by atoms with Crippen LogP contribution >= 0.6 is 0 Å². The van der Waals surface area contributed by atoms with Crippen LogP contribution in [-0.2, 0) is 11.2 Å². The van der Waals surface area contributed by atoms with Crippen LogP contribution in [0.15, 0.2) is 47.5 Å². The van der Waals surface area contributed by atoms with Crippen molar-refractivity contribution in [2.75, 3.05) is 31.1 Å². The Morgan fingerprint density at radius 3 is 2.42 bits per heavy atom. The molecule has 2 heterocycles. The van der Waals surface area contributed by atoms with E-state index in [2.05, 4.69) is 32.2 Å². The van der Waals surface area contributed by atoms with E-state index >= 15 is 0 Å². The number of hydrogen-bond donors (Lipinski definition) is 1. The number of nitrogens with zero attached hydrogens (tertiary/aromatic N) is 3. The molecule has 0 unspecified atom stereocenters. The minimum atomic E-state index is -0.212. The summed E-state index contributed by atoms with van der Waals surface area (Å²) in [5, 5.41) is 3.08. The van der Waals surface area contributed by atoms with E-state index < -0.39 is 0 Å². The molecule has 1 N–H and O–H groups in total. The van der Waals surface area contributed by atoms with Crippen molar-refractivity contribution in [1.82, 2.24) is 10.2 Å². The maximum Gasteiger partial charge on any atom is 0.278 e. The molecule has 40 heavy (non-hydrogen) atoms. The summed E-state index contributed by atoms with van der Waals surface area (Å²) >= 11 is 0. The number of anilines is 1. The van der Waals surface area contributed by atoms with E-state index in [1.54, 1.807) is 0 Å². The first-order valence-corrected chi connectivity index (χ1v) is 15.1. The zero-order valence-electron chi connectivity index (χ0n) is 24.3. The number of likely N-dealkylation sites (tertiary alicyclic amines) is 1. The number of hydrogen-bond acceptors (Lipinski definition) is 4. The van der Waals surface area contributed by atoms with Crippen LogP contribution in [0.1, 0.15) is 80.3 Å². The van der Waals surface area contributed by atoms with Crippen LogP contribution < -0.4 is 15.0 Å². The number of carbonyl (C=O) groups is 2. The molecule has 0 aromatic heterocycles. The third-order valence-corrected chi connectivity index (χ3v) is 8.46. The van der Waals surface area contributed by atoms with Gasteiger partial charge in [0, 0.05) is 48.3 Å². The third-order valence-electron chi connectivity index (χ3n) is 8.46. The van der Waals surface area contributed by atoms with Crippen LogP contribution in [-0.4, -0.2) is 60.9 Å². The van der Waals surface area contributed by atoms with Crippen LogP contribution in [0.3, 0.4) is 0 Å². The molecule has 0 bridgehead atoms. The SMILES string of the molecule is Cc1ccc(C(=O)N=C2Cc3ccc(OCCN4CCCCC4)cc3N2C2CCC(C(=O)NC(C)C)CC2)cc1. The van der Waals surface area contributed by atoms with Gasteiger partial charge < -0.3 is 15.0 Å². The van der Waals surface area contributed by atoms with Crippen LogP contribution in [0.5, 0.6) is 5.75 Å². The van der Waals surface area contributed by atoms with Gasteiger partial charge in [-0.3, -0.25) is 14.5 Å². The topological polar surface area (TPSA) is 74.2 Å². The molecule has 7 heteroatoms. The Morgan fingerprint density at radius 1 is 1.00 bits per heavy atom. The number of nitrogens with one attached hydrogen (secondary N) is 1. The minimum Gasteiger partial charge on any atom is -0.492 e. The summed E-state index contributed by atoms with van der Waals surface area (Å²) in [4.78, 5) is 35.3. The Hall–Kier alpha value is -3.19. The Morgan fingerprint density at radius 2 is 1.73 bits per heavy atom. The summed E-state index contributed by atoms with van der Waals surface area (Å²) in [5.74, 6) is 1.64. The van der Waals surface area contributed by atoms with Gasteiger partial charge in [-0.1, -0.05) is 30.2 Å². The van der Waals surface area contributed by atoms with Gasteiger partial charge in [0.2, 0.25) is 5.91 Å². The number of fused-ring (bicyclic) bond motifs is 1. The smallest absolute Gasteiger partial charge is 0.278 e. The highest BCUT2D eigenvalue weighted by Gasteiger charge is 2.36. The van der Waals surface area contributed by atoms with Gasteiger partial charge in [-0.25, -0.2) is 0 Å². The summed E-state index contributed by atoms with van der Waals surface area (Å²) in [6.45, 7) is 9.96. The van der Waals surface area contributed by atoms with E-state index in [1.807, 2.05) is 51.1 Å². The molecule has 1 saturated heterocycles. The molecule has 2 aliphatic heterocycles. The second-order valence-corrected chi connectivity index (χ2v) is 12.0. The first-order chi connectivity index (χ1) is 19.4. The fourth-order valence-electron chi connectivity index (χ4n) is 6.25. The maximum absolute atomic E-state index is 13.2. The molecule has 2 aromatic carbocycles. The van der Waals surface area contributed by atoms with Crippen molar-refractivity contribution in [2.24, 2.45) is 10.9 Å². The number of piperidine rings is 1. The molecule has 1 saturated carbocycles. The number of carbonyl (C=O) groups excluding carboxylic acids is 2. The molecule has 7 nitrogen and oxygen atoms in total. The molecular formula is C33H44N4O3. The zero-order valence-corrected chi connectivity index (χ0v) is 24.3. The lowest BCUT2D eigenvalue weighted by Crippen LogP contribution is -2.44. The first kappa shape index (κ1) is 28.3. The fourth-order valence-corrected chi connectivity index (χ4v) is 6.25. The maximum atomic E-state index is 13.2. The summed E-state index contributed by atoms with van der Waals surface area (Å²) in [5.41, 5.74) is 3.97. The molecule has 2 amide bonds. The van der Waals surface area contributed by atoms with Crippen molar-refractivity contribution in [2.45, 2.75) is 84.2 Å². The summed E-state index contributed by atoms with van der Waals surface area (Å²) in [6.07, 6.45) is 7.94. The van der Waals surface area contributed by atoms with Crippen LogP contribution in [0.25, 0.3) is 0 Å². The number of aryl methyl sites for hydroxylation is 1. The molecular weight excluding hydrogens is 500 g/mol. The Balaban J connectivity index is 1.34. The molecule has 214 valence electrons. The van der Waals surface area contributed by atoms with E-state index in [0.29, 0.717) is 18.6 Å². The van der Waals surface area contributed by atoms with Gasteiger partial charge in [-0.05, 0) is 96.1 Å². The number of amidine groups is 1. The van der Waals surface area contributed by atoms with E-state index in [9.17, 15) is 9.59 Å². The first-order valence-electron chi connectivity index (χ1n) is 15.1. The highest BCUT2D eigenvalue weighted by atomic mass is 16.5. The summed E-state index contributed by atoms with van der Waals surface area (Å²) in [6, 6.07) is 14.2. The summed E-state index contributed by atoms with van der Waals surface area (Å²) < 4.78 is 6.22. The van der Waals surface area contributed by atoms with Gasteiger partial charge in [0.25, 0.3) is 5.91 Å². The quantitative estimate of drug-likeness (QED) is 0.472. The minimum absolute atomic E-state index is 0.0414. The van der Waals surface area contributed by atoms with Crippen molar-refractivity contribution in [1.29, 1.82) is 0 Å². The molecule has 5 rings (SSSR count). The van der Waals surface area contributed by atoms with Crippen molar-refractivity contribution in [3.63, 3.8) is 0 Å². The number of amides is 2. The van der Waals surface area contributed by atoms with Crippen LogP contribution in [0, 0.1) is 12.8 Å². The van der Waals surface area contributed by atoms with Crippen molar-refractivity contribution < 1.29 is 14.3 Å². The monoisotopic (exact) mass is 544 g/mol. The number of ether oxygens (including phenoxy) is 1. The zero-order chi connectivity index (χ0) is 28.1. The molecule has 0 atom stereocenters. The highest BCUT2D eigenvalue weighted by Crippen LogP contribution is 2.39. The van der Waals surface area contributed by atoms with E-state index in [1.165, 1.54) is 24.8 Å². The molecule has 3 aliphatic rings. The predicted molar refractivity (Wildman–Crippen MR) is 160 cm³/mol. The van der Waals surface area contributed by atoms with Crippen molar-refractivity contribution in [3.05, 3.63) is 59.2 Å². The Kier molecular flexibility index (Phi) is 9.20. The van der Waals surface area contributed by atoms with E-state index in [4.69, 9.17) is 4.74 Å². The van der Waals surface area contributed by atoms with E-state index in [0.717, 1.165) is 68.2 Å². The van der Waals surface area contributed by atoms with Gasteiger partial charge in [0.15, 0.2) is 0 Å². The number of aliphatic imine (C=N–C) groups is 1. The lowest BCUT2D eigenvalue weighted by molar-refractivity contribution is -0.126. The Bertz CT molecular complexity index is 1210. The van der Waals surface area contributed by atoms with Gasteiger partial charge in [0.1, 0.15) is 18.2 Å². The molecule has 2 aromatic rings.